The third-order valence-electron chi connectivity index (χ3n) is 3.49. The molecule has 94 valence electrons. The van der Waals surface area contributed by atoms with Crippen molar-refractivity contribution >= 4 is 5.97 Å². The molecule has 1 unspecified atom stereocenters. The molecule has 4 heteroatoms. The molecule has 1 aromatic rings. The number of halogens is 1. The fourth-order valence-corrected chi connectivity index (χ4v) is 1.46. The minimum Gasteiger partial charge on any atom is -0.481 e. The van der Waals surface area contributed by atoms with Crippen LogP contribution in [0.3, 0.4) is 0 Å². The molecule has 0 fully saturated rings. The molecule has 0 saturated heterocycles. The Hall–Kier alpha value is -1.42. The summed E-state index contributed by atoms with van der Waals surface area (Å²) in [4.78, 5) is 11.1. The molecule has 0 aromatic heterocycles. The first-order valence-electron chi connectivity index (χ1n) is 5.33. The lowest BCUT2D eigenvalue weighted by Gasteiger charge is -2.37. The summed E-state index contributed by atoms with van der Waals surface area (Å²) in [6.07, 6.45) is 0. The summed E-state index contributed by atoms with van der Waals surface area (Å²) >= 11 is 0. The molecule has 2 N–H and O–H groups in total. The van der Waals surface area contributed by atoms with Crippen molar-refractivity contribution in [1.82, 2.24) is 0 Å². The lowest BCUT2D eigenvalue weighted by molar-refractivity contribution is -0.164. The standard InChI is InChI=1S/C13H17FO3/c1-8-5-6-9(7-10(8)14)13(4,17)12(2,3)11(15)16/h5-7,17H,1-4H3,(H,15,16). The van der Waals surface area contributed by atoms with E-state index in [0.29, 0.717) is 5.56 Å². The molecule has 3 nitrogen and oxygen atoms in total. The van der Waals surface area contributed by atoms with E-state index in [1.807, 2.05) is 0 Å². The minimum atomic E-state index is -1.65. The smallest absolute Gasteiger partial charge is 0.312 e. The maximum Gasteiger partial charge on any atom is 0.312 e. The Kier molecular flexibility index (Phi) is 3.30. The van der Waals surface area contributed by atoms with E-state index < -0.39 is 22.8 Å². The van der Waals surface area contributed by atoms with Crippen LogP contribution in [0.15, 0.2) is 18.2 Å². The van der Waals surface area contributed by atoms with Gasteiger partial charge in [0.2, 0.25) is 0 Å². The number of hydrogen-bond acceptors (Lipinski definition) is 2. The average Bonchev–Trinajstić information content (AvgIpc) is 2.21. The van der Waals surface area contributed by atoms with Gasteiger partial charge in [-0.05, 0) is 44.9 Å². The van der Waals surface area contributed by atoms with Crippen LogP contribution in [0.2, 0.25) is 0 Å². The summed E-state index contributed by atoms with van der Waals surface area (Å²) < 4.78 is 13.4. The van der Waals surface area contributed by atoms with Crippen molar-refractivity contribution < 1.29 is 19.4 Å². The first kappa shape index (κ1) is 13.6. The van der Waals surface area contributed by atoms with Crippen LogP contribution in [0.5, 0.6) is 0 Å². The van der Waals surface area contributed by atoms with Crippen molar-refractivity contribution in [3.05, 3.63) is 35.1 Å². The zero-order valence-electron chi connectivity index (χ0n) is 10.4. The Bertz CT molecular complexity index is 450. The second-order valence-electron chi connectivity index (χ2n) is 4.97. The van der Waals surface area contributed by atoms with Crippen molar-refractivity contribution in [2.45, 2.75) is 33.3 Å². The van der Waals surface area contributed by atoms with Crippen LogP contribution >= 0.6 is 0 Å². The van der Waals surface area contributed by atoms with Gasteiger partial charge in [-0.1, -0.05) is 12.1 Å². The van der Waals surface area contributed by atoms with Crippen LogP contribution in [-0.2, 0) is 10.4 Å². The van der Waals surface area contributed by atoms with E-state index in [4.69, 9.17) is 5.11 Å². The number of aryl methyl sites for hydroxylation is 1. The molecular formula is C13H17FO3. The van der Waals surface area contributed by atoms with Crippen molar-refractivity contribution in [3.8, 4) is 0 Å². The molecule has 0 heterocycles. The van der Waals surface area contributed by atoms with Crippen LogP contribution in [0, 0.1) is 18.2 Å². The summed E-state index contributed by atoms with van der Waals surface area (Å²) in [6.45, 7) is 5.81. The van der Waals surface area contributed by atoms with Crippen molar-refractivity contribution in [2.75, 3.05) is 0 Å². The highest BCUT2D eigenvalue weighted by molar-refractivity contribution is 5.75. The number of rotatable bonds is 3. The van der Waals surface area contributed by atoms with Gasteiger partial charge in [0.1, 0.15) is 11.4 Å². The summed E-state index contributed by atoms with van der Waals surface area (Å²) in [5.41, 5.74) is -2.34. The highest BCUT2D eigenvalue weighted by Gasteiger charge is 2.46. The molecule has 0 aliphatic carbocycles. The Morgan fingerprint density at radius 2 is 1.82 bits per heavy atom. The van der Waals surface area contributed by atoms with E-state index in [9.17, 15) is 14.3 Å². The van der Waals surface area contributed by atoms with Crippen molar-refractivity contribution in [3.63, 3.8) is 0 Å². The van der Waals surface area contributed by atoms with Gasteiger partial charge in [-0.2, -0.15) is 0 Å². The fourth-order valence-electron chi connectivity index (χ4n) is 1.46. The summed E-state index contributed by atoms with van der Waals surface area (Å²) in [5.74, 6) is -1.59. The lowest BCUT2D eigenvalue weighted by Crippen LogP contribution is -2.45. The van der Waals surface area contributed by atoms with Gasteiger partial charge in [0.25, 0.3) is 0 Å². The Morgan fingerprint density at radius 3 is 2.24 bits per heavy atom. The van der Waals surface area contributed by atoms with E-state index >= 15 is 0 Å². The van der Waals surface area contributed by atoms with Gasteiger partial charge in [0.05, 0.1) is 5.41 Å². The molecule has 0 radical (unpaired) electrons. The predicted molar refractivity (Wildman–Crippen MR) is 62.1 cm³/mol. The molecule has 0 amide bonds. The molecular weight excluding hydrogens is 223 g/mol. The molecule has 1 atom stereocenters. The highest BCUT2D eigenvalue weighted by atomic mass is 19.1. The van der Waals surface area contributed by atoms with E-state index in [1.165, 1.54) is 32.9 Å². The largest absolute Gasteiger partial charge is 0.481 e. The number of hydrogen-bond donors (Lipinski definition) is 2. The first-order chi connectivity index (χ1) is 7.60. The normalized spacial score (nSPS) is 15.4. The minimum absolute atomic E-state index is 0.257. The Balaban J connectivity index is 3.30. The Morgan fingerprint density at radius 1 is 1.29 bits per heavy atom. The zero-order valence-corrected chi connectivity index (χ0v) is 10.4. The van der Waals surface area contributed by atoms with Crippen molar-refractivity contribution in [2.24, 2.45) is 5.41 Å². The molecule has 1 aromatic carbocycles. The van der Waals surface area contributed by atoms with Gasteiger partial charge < -0.3 is 10.2 Å². The summed E-state index contributed by atoms with van der Waals surface area (Å²) in [7, 11) is 0. The van der Waals surface area contributed by atoms with Crippen LogP contribution in [0.1, 0.15) is 31.9 Å². The van der Waals surface area contributed by atoms with Gasteiger partial charge in [0.15, 0.2) is 0 Å². The quantitative estimate of drug-likeness (QED) is 0.853. The summed E-state index contributed by atoms with van der Waals surface area (Å²) in [5, 5.41) is 19.5. The maximum atomic E-state index is 13.4. The number of carboxylic acid groups (broad SMARTS) is 1. The molecule has 0 aliphatic rings. The van der Waals surface area contributed by atoms with E-state index in [2.05, 4.69) is 0 Å². The second kappa shape index (κ2) is 4.11. The van der Waals surface area contributed by atoms with Gasteiger partial charge >= 0.3 is 5.97 Å². The maximum absolute atomic E-state index is 13.4. The average molecular weight is 240 g/mol. The van der Waals surface area contributed by atoms with Crippen LogP contribution < -0.4 is 0 Å². The number of carboxylic acids is 1. The first-order valence-corrected chi connectivity index (χ1v) is 5.33. The van der Waals surface area contributed by atoms with Crippen LogP contribution in [0.25, 0.3) is 0 Å². The van der Waals surface area contributed by atoms with E-state index in [-0.39, 0.29) is 5.56 Å². The molecule has 1 rings (SSSR count). The SMILES string of the molecule is Cc1ccc(C(C)(O)C(C)(C)C(=O)O)cc1F. The number of benzene rings is 1. The van der Waals surface area contributed by atoms with Gasteiger partial charge in [-0.3, -0.25) is 4.79 Å². The van der Waals surface area contributed by atoms with Gasteiger partial charge in [-0.15, -0.1) is 0 Å². The number of aliphatic hydroxyl groups is 1. The third kappa shape index (κ3) is 2.17. The topological polar surface area (TPSA) is 57.5 Å². The fraction of sp³-hybridized carbons (Fsp3) is 0.462. The second-order valence-corrected chi connectivity index (χ2v) is 4.97. The third-order valence-corrected chi connectivity index (χ3v) is 3.49. The number of carbonyl (C=O) groups is 1. The van der Waals surface area contributed by atoms with E-state index in [0.717, 1.165) is 0 Å². The van der Waals surface area contributed by atoms with Crippen LogP contribution in [0.4, 0.5) is 4.39 Å². The Labute approximate surface area is 99.9 Å². The van der Waals surface area contributed by atoms with Crippen LogP contribution in [-0.4, -0.2) is 16.2 Å². The molecule has 17 heavy (non-hydrogen) atoms. The zero-order chi connectivity index (χ0) is 13.4. The molecule has 0 spiro atoms. The van der Waals surface area contributed by atoms with Gasteiger partial charge in [0, 0.05) is 0 Å². The number of aliphatic carboxylic acids is 1. The van der Waals surface area contributed by atoms with E-state index in [1.54, 1.807) is 13.0 Å². The monoisotopic (exact) mass is 240 g/mol. The summed E-state index contributed by atoms with van der Waals surface area (Å²) in [6, 6.07) is 4.25. The molecule has 0 bridgehead atoms. The predicted octanol–water partition coefficient (Wildman–Crippen LogP) is 2.45. The van der Waals surface area contributed by atoms with Gasteiger partial charge in [-0.25, -0.2) is 4.39 Å². The van der Waals surface area contributed by atoms with Crippen molar-refractivity contribution in [1.29, 1.82) is 0 Å². The molecule has 0 aliphatic heterocycles. The lowest BCUT2D eigenvalue weighted by atomic mass is 9.72. The highest BCUT2D eigenvalue weighted by Crippen LogP contribution is 2.39. The molecule has 0 saturated carbocycles.